The van der Waals surface area contributed by atoms with Gasteiger partial charge in [-0.3, -0.25) is 14.3 Å². The van der Waals surface area contributed by atoms with Gasteiger partial charge >= 0.3 is 18.3 Å². The molecule has 0 spiro atoms. The standard InChI is InChI=1S/C24H26F6N6.C6H10O4/c1-4-20-8-21(14-34(20)2)36(22-31-9-16(10-32-22)17-11-33-35(3)13-17)12-15-5-18(23(25,26)27)7-19(6-15)24(28,29)30;1-6(2,5(8)9)3-10-4-7/h5-7,9-11,13,20-21H,4,8,12,14H2,1-3H3;4H,3H2,1-2H3,(H,8,9). The number of carboxylic acid groups (broad SMARTS) is 1. The van der Waals surface area contributed by atoms with Crippen LogP contribution in [0.1, 0.15) is 50.3 Å². The molecule has 2 aromatic heterocycles. The molecular weight excluding hydrogens is 622 g/mol. The molecule has 1 aliphatic heterocycles. The van der Waals surface area contributed by atoms with E-state index in [4.69, 9.17) is 5.11 Å². The molecule has 0 bridgehead atoms. The highest BCUT2D eigenvalue weighted by atomic mass is 19.4. The molecule has 1 saturated heterocycles. The van der Waals surface area contributed by atoms with Gasteiger partial charge in [-0.05, 0) is 57.5 Å². The second kappa shape index (κ2) is 14.5. The quantitative estimate of drug-likeness (QED) is 0.217. The highest BCUT2D eigenvalue weighted by Crippen LogP contribution is 2.37. The number of alkyl halides is 6. The first-order chi connectivity index (χ1) is 21.3. The van der Waals surface area contributed by atoms with Crippen molar-refractivity contribution >= 4 is 18.4 Å². The molecule has 3 heterocycles. The minimum Gasteiger partial charge on any atom is -0.481 e. The van der Waals surface area contributed by atoms with Gasteiger partial charge in [0.15, 0.2) is 0 Å². The largest absolute Gasteiger partial charge is 0.481 e. The van der Waals surface area contributed by atoms with E-state index in [1.807, 2.05) is 14.0 Å². The maximum atomic E-state index is 13.4. The van der Waals surface area contributed by atoms with Crippen molar-refractivity contribution in [1.82, 2.24) is 24.6 Å². The smallest absolute Gasteiger partial charge is 0.416 e. The number of hydrogen-bond donors (Lipinski definition) is 1. The Kier molecular flexibility index (Phi) is 11.4. The van der Waals surface area contributed by atoms with E-state index in [-0.39, 0.29) is 49.3 Å². The predicted molar refractivity (Wildman–Crippen MR) is 155 cm³/mol. The minimum absolute atomic E-state index is 0.0914. The van der Waals surface area contributed by atoms with E-state index in [9.17, 15) is 35.9 Å². The first-order valence-electron chi connectivity index (χ1n) is 14.2. The highest BCUT2D eigenvalue weighted by molar-refractivity contribution is 5.73. The van der Waals surface area contributed by atoms with Gasteiger partial charge in [-0.2, -0.15) is 31.4 Å². The fourth-order valence-corrected chi connectivity index (χ4v) is 4.92. The summed E-state index contributed by atoms with van der Waals surface area (Å²) in [5, 5.41) is 12.6. The molecule has 46 heavy (non-hydrogen) atoms. The number of benzene rings is 1. The van der Waals surface area contributed by atoms with E-state index in [2.05, 4.69) is 24.7 Å². The zero-order valence-electron chi connectivity index (χ0n) is 25.9. The number of likely N-dealkylation sites (N-methyl/N-ethyl adjacent to an activating group) is 1. The normalized spacial score (nSPS) is 17.3. The average molecular weight is 659 g/mol. The minimum atomic E-state index is -4.91. The molecule has 1 N–H and O–H groups in total. The molecule has 4 rings (SSSR count). The Hall–Kier alpha value is -4.21. The van der Waals surface area contributed by atoms with Gasteiger partial charge in [0.2, 0.25) is 5.95 Å². The summed E-state index contributed by atoms with van der Waals surface area (Å²) in [6, 6.07) is 1.72. The van der Waals surface area contributed by atoms with Gasteiger partial charge in [-0.25, -0.2) is 9.97 Å². The summed E-state index contributed by atoms with van der Waals surface area (Å²) in [4.78, 5) is 32.7. The number of aryl methyl sites for hydroxylation is 1. The summed E-state index contributed by atoms with van der Waals surface area (Å²) in [5.41, 5.74) is -2.29. The maximum Gasteiger partial charge on any atom is 0.416 e. The lowest BCUT2D eigenvalue weighted by Gasteiger charge is -2.29. The maximum absolute atomic E-state index is 13.4. The van der Waals surface area contributed by atoms with Crippen molar-refractivity contribution in [3.05, 3.63) is 59.7 Å². The number of rotatable bonds is 10. The van der Waals surface area contributed by atoms with E-state index in [0.717, 1.165) is 24.1 Å². The SMILES string of the molecule is CC(C)(COC=O)C(=O)O.CCC1CC(N(Cc2cc(C(F)(F)F)cc(C(F)(F)F)c2)c2ncc(-c3cnn(C)c3)cn2)CN1C. The predicted octanol–water partition coefficient (Wildman–Crippen LogP) is 5.67. The van der Waals surface area contributed by atoms with Gasteiger partial charge in [0.25, 0.3) is 6.47 Å². The topological polar surface area (TPSA) is 114 Å². The highest BCUT2D eigenvalue weighted by Gasteiger charge is 2.38. The second-order valence-electron chi connectivity index (χ2n) is 11.7. The molecule has 1 aromatic carbocycles. The molecule has 2 atom stereocenters. The third-order valence-corrected chi connectivity index (χ3v) is 7.60. The van der Waals surface area contributed by atoms with Crippen LogP contribution in [0.4, 0.5) is 32.3 Å². The summed E-state index contributed by atoms with van der Waals surface area (Å²) in [6.45, 7) is 5.54. The van der Waals surface area contributed by atoms with Gasteiger partial charge in [0.1, 0.15) is 6.61 Å². The van der Waals surface area contributed by atoms with Gasteiger partial charge in [-0.15, -0.1) is 0 Å². The first kappa shape index (κ1) is 36.3. The van der Waals surface area contributed by atoms with E-state index in [0.29, 0.717) is 18.5 Å². The lowest BCUT2D eigenvalue weighted by atomic mass is 9.95. The van der Waals surface area contributed by atoms with Gasteiger partial charge in [0, 0.05) is 61.9 Å². The van der Waals surface area contributed by atoms with Crippen LogP contribution in [-0.2, 0) is 40.3 Å². The van der Waals surface area contributed by atoms with Crippen molar-refractivity contribution in [3.8, 4) is 11.1 Å². The van der Waals surface area contributed by atoms with Crippen LogP contribution in [0.3, 0.4) is 0 Å². The number of nitrogens with zero attached hydrogens (tertiary/aromatic N) is 6. The van der Waals surface area contributed by atoms with Crippen molar-refractivity contribution in [3.63, 3.8) is 0 Å². The zero-order chi connectivity index (χ0) is 34.4. The number of aromatic nitrogens is 4. The fourth-order valence-electron chi connectivity index (χ4n) is 4.92. The van der Waals surface area contributed by atoms with Crippen LogP contribution < -0.4 is 4.90 Å². The monoisotopic (exact) mass is 658 g/mol. The van der Waals surface area contributed by atoms with Crippen molar-refractivity contribution < 1.29 is 45.8 Å². The Balaban J connectivity index is 0.000000498. The number of anilines is 1. The molecule has 3 aromatic rings. The molecule has 1 aliphatic rings. The Bertz CT molecular complexity index is 1440. The van der Waals surface area contributed by atoms with Crippen LogP contribution in [0.25, 0.3) is 11.1 Å². The van der Waals surface area contributed by atoms with Crippen LogP contribution in [0, 0.1) is 5.41 Å². The summed E-state index contributed by atoms with van der Waals surface area (Å²) in [6.07, 6.45) is -1.68. The molecule has 2 unspecified atom stereocenters. The molecule has 1 fully saturated rings. The van der Waals surface area contributed by atoms with Crippen molar-refractivity contribution in [2.75, 3.05) is 25.1 Å². The summed E-state index contributed by atoms with van der Waals surface area (Å²) < 4.78 is 86.5. The van der Waals surface area contributed by atoms with Crippen molar-refractivity contribution in [1.29, 1.82) is 0 Å². The molecule has 252 valence electrons. The Morgan fingerprint density at radius 3 is 2.04 bits per heavy atom. The third kappa shape index (κ3) is 9.40. The number of carbonyl (C=O) groups excluding carboxylic acids is 1. The third-order valence-electron chi connectivity index (χ3n) is 7.60. The molecule has 0 saturated carbocycles. The van der Waals surface area contributed by atoms with E-state index in [1.54, 1.807) is 41.4 Å². The Morgan fingerprint density at radius 1 is 1.02 bits per heavy atom. The summed E-state index contributed by atoms with van der Waals surface area (Å²) >= 11 is 0. The van der Waals surface area contributed by atoms with E-state index in [1.165, 1.54) is 13.8 Å². The number of carbonyl (C=O) groups is 2. The van der Waals surface area contributed by atoms with Gasteiger partial charge in [-0.1, -0.05) is 6.92 Å². The summed E-state index contributed by atoms with van der Waals surface area (Å²) in [5.74, 6) is -0.738. The second-order valence-corrected chi connectivity index (χ2v) is 11.7. The molecule has 16 heteroatoms. The van der Waals surface area contributed by atoms with Crippen LogP contribution >= 0.6 is 0 Å². The lowest BCUT2D eigenvalue weighted by Crippen LogP contribution is -2.38. The number of halogens is 6. The molecule has 0 aliphatic carbocycles. The summed E-state index contributed by atoms with van der Waals surface area (Å²) in [7, 11) is 3.72. The molecule has 10 nitrogen and oxygen atoms in total. The average Bonchev–Trinajstić information content (AvgIpc) is 3.59. The van der Waals surface area contributed by atoms with Gasteiger partial charge in [0.05, 0.1) is 22.7 Å². The fraction of sp³-hybridized carbons (Fsp3) is 0.500. The van der Waals surface area contributed by atoms with E-state index < -0.39 is 34.9 Å². The number of likely N-dealkylation sites (tertiary alicyclic amines) is 1. The van der Waals surface area contributed by atoms with Crippen LogP contribution in [0.2, 0.25) is 0 Å². The molecule has 0 amide bonds. The van der Waals surface area contributed by atoms with Crippen molar-refractivity contribution in [2.24, 2.45) is 12.5 Å². The number of hydrogen-bond acceptors (Lipinski definition) is 8. The van der Waals surface area contributed by atoms with Crippen molar-refractivity contribution in [2.45, 2.75) is 64.6 Å². The first-order valence-corrected chi connectivity index (χ1v) is 14.2. The lowest BCUT2D eigenvalue weighted by molar-refractivity contribution is -0.152. The Labute approximate surface area is 262 Å². The van der Waals surface area contributed by atoms with Crippen LogP contribution in [0.5, 0.6) is 0 Å². The van der Waals surface area contributed by atoms with Crippen LogP contribution in [0.15, 0.2) is 43.0 Å². The molecular formula is C30H36F6N6O4. The number of aliphatic carboxylic acids is 1. The molecule has 0 radical (unpaired) electrons. The van der Waals surface area contributed by atoms with Gasteiger partial charge < -0.3 is 19.6 Å². The van der Waals surface area contributed by atoms with Crippen LogP contribution in [-0.4, -0.2) is 74.5 Å². The number of carboxylic acids is 1. The zero-order valence-corrected chi connectivity index (χ0v) is 25.9. The Morgan fingerprint density at radius 2 is 1.61 bits per heavy atom. The number of ether oxygens (including phenoxy) is 1. The van der Waals surface area contributed by atoms with E-state index >= 15 is 0 Å².